The molecule has 2 aliphatic rings. The fraction of sp³-hybridized carbons (Fsp3) is 1.00. The molecule has 0 aromatic carbocycles. The molecular weight excluding hydrogens is 174 g/mol. The van der Waals surface area contributed by atoms with Crippen molar-refractivity contribution < 1.29 is 4.74 Å². The number of hydrogen-bond acceptors (Lipinski definition) is 2. The van der Waals surface area contributed by atoms with Gasteiger partial charge in [-0.25, -0.2) is 0 Å². The minimum Gasteiger partial charge on any atom is -0.380 e. The van der Waals surface area contributed by atoms with Crippen LogP contribution >= 0.6 is 0 Å². The van der Waals surface area contributed by atoms with Crippen molar-refractivity contribution in [2.75, 3.05) is 27.2 Å². The van der Waals surface area contributed by atoms with Gasteiger partial charge in [-0.2, -0.15) is 0 Å². The van der Waals surface area contributed by atoms with Crippen LogP contribution in [0.3, 0.4) is 0 Å². The molecule has 0 amide bonds. The average Bonchev–Trinajstić information content (AvgIpc) is 2.17. The zero-order valence-corrected chi connectivity index (χ0v) is 9.70. The second-order valence-electron chi connectivity index (χ2n) is 5.34. The monoisotopic (exact) mass is 197 g/mol. The van der Waals surface area contributed by atoms with Crippen LogP contribution in [0.4, 0.5) is 0 Å². The van der Waals surface area contributed by atoms with Crippen LogP contribution < -0.4 is 0 Å². The van der Waals surface area contributed by atoms with E-state index in [9.17, 15) is 0 Å². The number of rotatable bonds is 1. The van der Waals surface area contributed by atoms with Gasteiger partial charge in [0.2, 0.25) is 0 Å². The van der Waals surface area contributed by atoms with E-state index in [4.69, 9.17) is 4.74 Å². The Labute approximate surface area is 87.6 Å². The van der Waals surface area contributed by atoms with E-state index in [1.54, 1.807) is 0 Å². The molecule has 1 saturated carbocycles. The van der Waals surface area contributed by atoms with Crippen molar-refractivity contribution in [1.29, 1.82) is 0 Å². The predicted molar refractivity (Wildman–Crippen MR) is 58.3 cm³/mol. The molecular formula is C12H23NO. The number of piperidine rings is 1. The molecule has 14 heavy (non-hydrogen) atoms. The normalized spacial score (nSPS) is 44.8. The first-order valence-electron chi connectivity index (χ1n) is 5.92. The van der Waals surface area contributed by atoms with Gasteiger partial charge in [0.15, 0.2) is 0 Å². The Morgan fingerprint density at radius 3 is 2.71 bits per heavy atom. The van der Waals surface area contributed by atoms with Gasteiger partial charge in [0, 0.05) is 20.2 Å². The van der Waals surface area contributed by atoms with Crippen LogP contribution in [-0.4, -0.2) is 38.3 Å². The second-order valence-corrected chi connectivity index (χ2v) is 5.34. The molecule has 0 spiro atoms. The maximum Gasteiger partial charge on any atom is 0.0729 e. The topological polar surface area (TPSA) is 12.5 Å². The van der Waals surface area contributed by atoms with Crippen molar-refractivity contribution in [3.05, 3.63) is 0 Å². The first-order chi connectivity index (χ1) is 6.70. The van der Waals surface area contributed by atoms with E-state index in [0.29, 0.717) is 6.10 Å². The largest absolute Gasteiger partial charge is 0.380 e. The number of fused-ring (bicyclic) bond motifs is 1. The quantitative estimate of drug-likeness (QED) is 0.637. The van der Waals surface area contributed by atoms with Gasteiger partial charge in [-0.1, -0.05) is 13.3 Å². The van der Waals surface area contributed by atoms with Crippen molar-refractivity contribution in [3.8, 4) is 0 Å². The molecule has 0 N–H and O–H groups in total. The number of nitrogens with zero attached hydrogens (tertiary/aromatic N) is 1. The number of likely N-dealkylation sites (tertiary alicyclic amines) is 1. The van der Waals surface area contributed by atoms with E-state index in [-0.39, 0.29) is 0 Å². The van der Waals surface area contributed by atoms with Crippen molar-refractivity contribution in [3.63, 3.8) is 0 Å². The zero-order chi connectivity index (χ0) is 10.1. The maximum absolute atomic E-state index is 5.64. The second kappa shape index (κ2) is 4.19. The van der Waals surface area contributed by atoms with E-state index in [1.165, 1.54) is 25.8 Å². The molecule has 0 bridgehead atoms. The van der Waals surface area contributed by atoms with Gasteiger partial charge in [-0.05, 0) is 37.6 Å². The van der Waals surface area contributed by atoms with E-state index in [0.717, 1.165) is 24.3 Å². The highest BCUT2D eigenvalue weighted by molar-refractivity contribution is 4.90. The zero-order valence-electron chi connectivity index (χ0n) is 9.70. The highest BCUT2D eigenvalue weighted by atomic mass is 16.5. The number of ether oxygens (including phenoxy) is 1. The molecule has 2 fully saturated rings. The van der Waals surface area contributed by atoms with E-state index in [2.05, 4.69) is 18.9 Å². The lowest BCUT2D eigenvalue weighted by Crippen LogP contribution is -2.50. The summed E-state index contributed by atoms with van der Waals surface area (Å²) in [6, 6.07) is 0. The Hall–Kier alpha value is -0.0800. The Kier molecular flexibility index (Phi) is 3.13. The van der Waals surface area contributed by atoms with Crippen molar-refractivity contribution in [2.45, 2.75) is 32.3 Å². The lowest BCUT2D eigenvalue weighted by atomic mass is 9.70. The third kappa shape index (κ3) is 1.96. The van der Waals surface area contributed by atoms with Crippen LogP contribution in [0.5, 0.6) is 0 Å². The lowest BCUT2D eigenvalue weighted by molar-refractivity contribution is -0.0568. The van der Waals surface area contributed by atoms with Gasteiger partial charge in [0.25, 0.3) is 0 Å². The summed E-state index contributed by atoms with van der Waals surface area (Å²) in [5.41, 5.74) is 0. The maximum atomic E-state index is 5.64. The molecule has 1 saturated heterocycles. The van der Waals surface area contributed by atoms with Crippen LogP contribution in [0.15, 0.2) is 0 Å². The van der Waals surface area contributed by atoms with Crippen molar-refractivity contribution in [2.24, 2.45) is 17.8 Å². The summed E-state index contributed by atoms with van der Waals surface area (Å²) in [6.07, 6.45) is 4.71. The minimum absolute atomic E-state index is 0.488. The summed E-state index contributed by atoms with van der Waals surface area (Å²) in [5, 5.41) is 0. The highest BCUT2D eigenvalue weighted by Gasteiger charge is 2.38. The molecule has 1 aliphatic heterocycles. The molecule has 2 rings (SSSR count). The van der Waals surface area contributed by atoms with E-state index < -0.39 is 0 Å². The van der Waals surface area contributed by atoms with Gasteiger partial charge < -0.3 is 9.64 Å². The van der Waals surface area contributed by atoms with Gasteiger partial charge in [-0.3, -0.25) is 0 Å². The highest BCUT2D eigenvalue weighted by Crippen LogP contribution is 2.39. The Balaban J connectivity index is 2.04. The van der Waals surface area contributed by atoms with Crippen molar-refractivity contribution >= 4 is 0 Å². The molecule has 0 aromatic rings. The Morgan fingerprint density at radius 1 is 1.21 bits per heavy atom. The number of hydrogen-bond donors (Lipinski definition) is 0. The van der Waals surface area contributed by atoms with Gasteiger partial charge in [-0.15, -0.1) is 0 Å². The summed E-state index contributed by atoms with van der Waals surface area (Å²) in [4.78, 5) is 2.44. The smallest absolute Gasteiger partial charge is 0.0729 e. The Morgan fingerprint density at radius 2 is 2.00 bits per heavy atom. The van der Waals surface area contributed by atoms with Gasteiger partial charge in [0.05, 0.1) is 6.10 Å². The van der Waals surface area contributed by atoms with E-state index >= 15 is 0 Å². The fourth-order valence-corrected chi connectivity index (χ4v) is 3.34. The summed E-state index contributed by atoms with van der Waals surface area (Å²) in [5.74, 6) is 2.65. The molecule has 1 aliphatic carbocycles. The molecule has 2 nitrogen and oxygen atoms in total. The van der Waals surface area contributed by atoms with Gasteiger partial charge >= 0.3 is 0 Å². The molecule has 0 aromatic heterocycles. The lowest BCUT2D eigenvalue weighted by Gasteiger charge is -2.46. The average molecular weight is 197 g/mol. The summed E-state index contributed by atoms with van der Waals surface area (Å²) in [6.45, 7) is 4.81. The first kappa shape index (κ1) is 10.4. The SMILES string of the molecule is COC1CN(C)CC2CCC(C)CC21. The standard InChI is InChI=1S/C12H23NO/c1-9-4-5-10-7-13(2)8-12(14-3)11(10)6-9/h9-12H,4-8H2,1-3H3. The fourth-order valence-electron chi connectivity index (χ4n) is 3.34. The molecule has 4 atom stereocenters. The molecule has 2 heteroatoms. The van der Waals surface area contributed by atoms with Crippen LogP contribution in [0.25, 0.3) is 0 Å². The molecule has 82 valence electrons. The third-order valence-corrected chi connectivity index (χ3v) is 4.13. The minimum atomic E-state index is 0.488. The Bertz CT molecular complexity index is 187. The molecule has 1 heterocycles. The van der Waals surface area contributed by atoms with Crippen molar-refractivity contribution in [1.82, 2.24) is 4.90 Å². The van der Waals surface area contributed by atoms with E-state index in [1.807, 2.05) is 7.11 Å². The van der Waals surface area contributed by atoms with Crippen LogP contribution in [0.1, 0.15) is 26.2 Å². The summed E-state index contributed by atoms with van der Waals surface area (Å²) >= 11 is 0. The first-order valence-corrected chi connectivity index (χ1v) is 5.92. The molecule has 4 unspecified atom stereocenters. The van der Waals surface area contributed by atoms with Crippen LogP contribution in [0.2, 0.25) is 0 Å². The van der Waals surface area contributed by atoms with Crippen LogP contribution in [0, 0.1) is 17.8 Å². The number of methoxy groups -OCH3 is 1. The number of likely N-dealkylation sites (N-methyl/N-ethyl adjacent to an activating group) is 1. The third-order valence-electron chi connectivity index (χ3n) is 4.13. The van der Waals surface area contributed by atoms with Gasteiger partial charge in [0.1, 0.15) is 0 Å². The summed E-state index contributed by atoms with van der Waals surface area (Å²) < 4.78 is 5.64. The predicted octanol–water partition coefficient (Wildman–Crippen LogP) is 2.00. The van der Waals surface area contributed by atoms with Crippen LogP contribution in [-0.2, 0) is 4.74 Å². The summed E-state index contributed by atoms with van der Waals surface area (Å²) in [7, 11) is 4.10. The molecule has 0 radical (unpaired) electrons.